The summed E-state index contributed by atoms with van der Waals surface area (Å²) < 4.78 is 0. The molecule has 0 heterocycles. The fourth-order valence-corrected chi connectivity index (χ4v) is 2.09. The Morgan fingerprint density at radius 3 is 2.00 bits per heavy atom. The molecule has 2 aromatic carbocycles. The summed E-state index contributed by atoms with van der Waals surface area (Å²) in [5.41, 5.74) is 2.40. The van der Waals surface area contributed by atoms with E-state index in [-0.39, 0.29) is 5.91 Å². The third-order valence-corrected chi connectivity index (χ3v) is 3.26. The van der Waals surface area contributed by atoms with Crippen molar-refractivity contribution in [2.24, 2.45) is 0 Å². The number of hydrogen-bond acceptors (Lipinski definition) is 2. The van der Waals surface area contributed by atoms with Gasteiger partial charge in [-0.25, -0.2) is 0 Å². The molecule has 3 nitrogen and oxygen atoms in total. The molecule has 110 valence electrons. The van der Waals surface area contributed by atoms with Crippen molar-refractivity contribution in [2.75, 3.05) is 6.54 Å². The van der Waals surface area contributed by atoms with Crippen LogP contribution in [0.4, 0.5) is 0 Å². The van der Waals surface area contributed by atoms with Gasteiger partial charge in [0.2, 0.25) is 5.91 Å². The molecule has 2 aromatic rings. The predicted octanol–water partition coefficient (Wildman–Crippen LogP) is 2.87. The van der Waals surface area contributed by atoms with E-state index in [1.165, 1.54) is 5.56 Å². The van der Waals surface area contributed by atoms with E-state index in [4.69, 9.17) is 0 Å². The van der Waals surface area contributed by atoms with Crippen LogP contribution in [0.25, 0.3) is 0 Å². The van der Waals surface area contributed by atoms with E-state index in [1.54, 1.807) is 0 Å². The van der Waals surface area contributed by atoms with Crippen LogP contribution in [0.5, 0.6) is 0 Å². The zero-order chi connectivity index (χ0) is 14.8. The van der Waals surface area contributed by atoms with E-state index in [1.807, 2.05) is 48.5 Å². The third-order valence-electron chi connectivity index (χ3n) is 3.26. The van der Waals surface area contributed by atoms with E-state index >= 15 is 0 Å². The summed E-state index contributed by atoms with van der Waals surface area (Å²) >= 11 is 0. The van der Waals surface area contributed by atoms with Gasteiger partial charge >= 0.3 is 0 Å². The van der Waals surface area contributed by atoms with E-state index in [0.29, 0.717) is 13.0 Å². The van der Waals surface area contributed by atoms with E-state index in [2.05, 4.69) is 22.8 Å². The van der Waals surface area contributed by atoms with Crippen molar-refractivity contribution >= 4 is 5.91 Å². The molecule has 0 unspecified atom stereocenters. The summed E-state index contributed by atoms with van der Waals surface area (Å²) in [6, 6.07) is 20.2. The van der Waals surface area contributed by atoms with Gasteiger partial charge in [0.15, 0.2) is 0 Å². The van der Waals surface area contributed by atoms with Gasteiger partial charge in [0.1, 0.15) is 0 Å². The second-order valence-corrected chi connectivity index (χ2v) is 5.03. The Morgan fingerprint density at radius 2 is 1.38 bits per heavy atom. The maximum Gasteiger partial charge on any atom is 0.220 e. The zero-order valence-corrected chi connectivity index (χ0v) is 12.2. The molecule has 0 spiro atoms. The van der Waals surface area contributed by atoms with Crippen molar-refractivity contribution < 1.29 is 4.79 Å². The first kappa shape index (κ1) is 15.3. The van der Waals surface area contributed by atoms with Crippen LogP contribution in [-0.4, -0.2) is 12.5 Å². The van der Waals surface area contributed by atoms with Gasteiger partial charge in [-0.1, -0.05) is 60.7 Å². The van der Waals surface area contributed by atoms with Gasteiger partial charge < -0.3 is 10.6 Å². The minimum Gasteiger partial charge on any atom is -0.352 e. The number of amides is 1. The highest BCUT2D eigenvalue weighted by molar-refractivity contribution is 5.75. The van der Waals surface area contributed by atoms with Crippen molar-refractivity contribution in [3.8, 4) is 0 Å². The Labute approximate surface area is 126 Å². The van der Waals surface area contributed by atoms with Gasteiger partial charge in [-0.2, -0.15) is 0 Å². The lowest BCUT2D eigenvalue weighted by molar-refractivity contribution is -0.121. The quantitative estimate of drug-likeness (QED) is 0.731. The van der Waals surface area contributed by atoms with Crippen LogP contribution in [0, 0.1) is 0 Å². The summed E-state index contributed by atoms with van der Waals surface area (Å²) in [5, 5.41) is 6.29. The van der Waals surface area contributed by atoms with Crippen molar-refractivity contribution in [3.63, 3.8) is 0 Å². The number of hydrogen-bond donors (Lipinski definition) is 2. The smallest absolute Gasteiger partial charge is 0.220 e. The maximum absolute atomic E-state index is 11.7. The van der Waals surface area contributed by atoms with Gasteiger partial charge in [-0.05, 0) is 24.1 Å². The van der Waals surface area contributed by atoms with Gasteiger partial charge in [0.05, 0.1) is 0 Å². The second-order valence-electron chi connectivity index (χ2n) is 5.03. The Kier molecular flexibility index (Phi) is 6.49. The minimum absolute atomic E-state index is 0.111. The number of benzene rings is 2. The molecule has 0 aliphatic rings. The van der Waals surface area contributed by atoms with Gasteiger partial charge in [0, 0.05) is 19.5 Å². The lowest BCUT2D eigenvalue weighted by Gasteiger charge is -2.06. The molecule has 2 rings (SSSR count). The van der Waals surface area contributed by atoms with Crippen LogP contribution in [0.15, 0.2) is 60.7 Å². The van der Waals surface area contributed by atoms with Gasteiger partial charge in [0.25, 0.3) is 0 Å². The van der Waals surface area contributed by atoms with E-state index in [9.17, 15) is 4.79 Å². The number of carbonyl (C=O) groups excluding carboxylic acids is 1. The Balaban J connectivity index is 1.53. The molecule has 0 bridgehead atoms. The summed E-state index contributed by atoms with van der Waals surface area (Å²) in [7, 11) is 0. The first-order valence-corrected chi connectivity index (χ1v) is 7.40. The number of carbonyl (C=O) groups is 1. The molecule has 0 aliphatic carbocycles. The Bertz CT molecular complexity index is 525. The predicted molar refractivity (Wildman–Crippen MR) is 85.7 cm³/mol. The molecule has 3 heteroatoms. The van der Waals surface area contributed by atoms with Crippen LogP contribution in [-0.2, 0) is 17.9 Å². The summed E-state index contributed by atoms with van der Waals surface area (Å²) in [6.07, 6.45) is 1.42. The fraction of sp³-hybridized carbons (Fsp3) is 0.278. The molecule has 2 N–H and O–H groups in total. The molecule has 0 atom stereocenters. The largest absolute Gasteiger partial charge is 0.352 e. The minimum atomic E-state index is 0.111. The molecular formula is C18H22N2O. The van der Waals surface area contributed by atoms with Crippen molar-refractivity contribution in [1.29, 1.82) is 0 Å². The van der Waals surface area contributed by atoms with Crippen LogP contribution in [0.1, 0.15) is 24.0 Å². The van der Waals surface area contributed by atoms with Crippen LogP contribution < -0.4 is 10.6 Å². The molecule has 0 radical (unpaired) electrons. The van der Waals surface area contributed by atoms with E-state index in [0.717, 1.165) is 25.1 Å². The van der Waals surface area contributed by atoms with Gasteiger partial charge in [-0.15, -0.1) is 0 Å². The van der Waals surface area contributed by atoms with Crippen molar-refractivity contribution in [1.82, 2.24) is 10.6 Å². The molecular weight excluding hydrogens is 260 g/mol. The first-order valence-electron chi connectivity index (χ1n) is 7.40. The summed E-state index contributed by atoms with van der Waals surface area (Å²) in [4.78, 5) is 11.7. The monoisotopic (exact) mass is 282 g/mol. The Hall–Kier alpha value is -2.13. The zero-order valence-electron chi connectivity index (χ0n) is 12.2. The van der Waals surface area contributed by atoms with Gasteiger partial charge in [-0.3, -0.25) is 4.79 Å². The second kappa shape index (κ2) is 8.93. The molecule has 0 aromatic heterocycles. The topological polar surface area (TPSA) is 41.1 Å². The van der Waals surface area contributed by atoms with Crippen molar-refractivity contribution in [2.45, 2.75) is 25.9 Å². The molecule has 21 heavy (non-hydrogen) atoms. The third kappa shape index (κ3) is 6.23. The van der Waals surface area contributed by atoms with E-state index < -0.39 is 0 Å². The maximum atomic E-state index is 11.7. The average molecular weight is 282 g/mol. The summed E-state index contributed by atoms with van der Waals surface area (Å²) in [5.74, 6) is 0.111. The lowest BCUT2D eigenvalue weighted by atomic mass is 10.2. The fourth-order valence-electron chi connectivity index (χ4n) is 2.09. The standard InChI is InChI=1S/C18H22N2O/c21-18(20-15-17-10-5-2-6-11-17)12-7-13-19-14-16-8-3-1-4-9-16/h1-6,8-11,19H,7,12-15H2,(H,20,21). The molecule has 0 aliphatic heterocycles. The van der Waals surface area contributed by atoms with Crippen LogP contribution in [0.3, 0.4) is 0 Å². The molecule has 1 amide bonds. The van der Waals surface area contributed by atoms with Crippen molar-refractivity contribution in [3.05, 3.63) is 71.8 Å². The van der Waals surface area contributed by atoms with Crippen LogP contribution in [0.2, 0.25) is 0 Å². The highest BCUT2D eigenvalue weighted by atomic mass is 16.1. The van der Waals surface area contributed by atoms with Crippen LogP contribution >= 0.6 is 0 Å². The molecule has 0 fully saturated rings. The summed E-state index contributed by atoms with van der Waals surface area (Å²) in [6.45, 7) is 2.32. The highest BCUT2D eigenvalue weighted by Crippen LogP contribution is 1.99. The normalized spacial score (nSPS) is 10.3. The molecule has 0 saturated heterocycles. The number of nitrogens with one attached hydrogen (secondary N) is 2. The number of rotatable bonds is 8. The SMILES string of the molecule is O=C(CCCNCc1ccccc1)NCc1ccccc1. The molecule has 0 saturated carbocycles. The highest BCUT2D eigenvalue weighted by Gasteiger charge is 2.00. The Morgan fingerprint density at radius 1 is 0.810 bits per heavy atom. The lowest BCUT2D eigenvalue weighted by Crippen LogP contribution is -2.24. The average Bonchev–Trinajstić information content (AvgIpc) is 2.54. The first-order chi connectivity index (χ1) is 10.3.